The van der Waals surface area contributed by atoms with E-state index in [2.05, 4.69) is 22.0 Å². The van der Waals surface area contributed by atoms with E-state index in [1.54, 1.807) is 0 Å². The number of aromatic nitrogens is 1. The summed E-state index contributed by atoms with van der Waals surface area (Å²) >= 11 is 0. The molecule has 1 saturated heterocycles. The number of rotatable bonds is 4. The zero-order valence-corrected chi connectivity index (χ0v) is 9.89. The van der Waals surface area contributed by atoms with Crippen LogP contribution < -0.4 is 4.90 Å². The molecule has 1 fully saturated rings. The third-order valence-corrected chi connectivity index (χ3v) is 3.09. The van der Waals surface area contributed by atoms with Crippen molar-refractivity contribution in [3.63, 3.8) is 0 Å². The van der Waals surface area contributed by atoms with Crippen molar-refractivity contribution in [1.82, 2.24) is 4.98 Å². The number of hydrogen-bond donors (Lipinski definition) is 1. The standard InChI is InChI=1S/C13H20N2O/c1-11(16)4-5-12-6-7-13(14-10-12)15-8-2-3-9-15/h6-7,10-11,16H,2-5,8-9H2,1H3/t11-/m1/s1. The van der Waals surface area contributed by atoms with E-state index in [9.17, 15) is 5.11 Å². The molecular weight excluding hydrogens is 200 g/mol. The Bertz CT molecular complexity index is 315. The summed E-state index contributed by atoms with van der Waals surface area (Å²) in [6, 6.07) is 4.23. The SMILES string of the molecule is C[C@@H](O)CCc1ccc(N2CCCC2)nc1. The minimum atomic E-state index is -0.224. The van der Waals surface area contributed by atoms with E-state index < -0.39 is 0 Å². The number of nitrogens with zero attached hydrogens (tertiary/aromatic N) is 2. The maximum absolute atomic E-state index is 9.21. The molecule has 1 N–H and O–H groups in total. The van der Waals surface area contributed by atoms with Crippen molar-refractivity contribution in [2.24, 2.45) is 0 Å². The van der Waals surface area contributed by atoms with Gasteiger partial charge >= 0.3 is 0 Å². The monoisotopic (exact) mass is 220 g/mol. The summed E-state index contributed by atoms with van der Waals surface area (Å²) in [6.45, 7) is 4.10. The molecule has 0 aromatic carbocycles. The van der Waals surface area contributed by atoms with Gasteiger partial charge in [-0.1, -0.05) is 6.07 Å². The quantitative estimate of drug-likeness (QED) is 0.843. The molecule has 0 unspecified atom stereocenters. The van der Waals surface area contributed by atoms with Crippen LogP contribution in [-0.2, 0) is 6.42 Å². The van der Waals surface area contributed by atoms with Crippen LogP contribution in [-0.4, -0.2) is 29.3 Å². The fraction of sp³-hybridized carbons (Fsp3) is 0.615. The molecule has 0 radical (unpaired) electrons. The van der Waals surface area contributed by atoms with Crippen LogP contribution in [0.5, 0.6) is 0 Å². The summed E-state index contributed by atoms with van der Waals surface area (Å²) in [5, 5.41) is 9.21. The second-order valence-electron chi connectivity index (χ2n) is 4.61. The van der Waals surface area contributed by atoms with Crippen molar-refractivity contribution in [2.45, 2.75) is 38.7 Å². The summed E-state index contributed by atoms with van der Waals surface area (Å²) in [7, 11) is 0. The average Bonchev–Trinajstić information content (AvgIpc) is 2.80. The van der Waals surface area contributed by atoms with Gasteiger partial charge < -0.3 is 10.0 Å². The smallest absolute Gasteiger partial charge is 0.128 e. The highest BCUT2D eigenvalue weighted by atomic mass is 16.3. The number of aliphatic hydroxyl groups is 1. The molecule has 0 amide bonds. The second-order valence-corrected chi connectivity index (χ2v) is 4.61. The van der Waals surface area contributed by atoms with Gasteiger partial charge in [-0.3, -0.25) is 0 Å². The van der Waals surface area contributed by atoms with Crippen molar-refractivity contribution >= 4 is 5.82 Å². The Labute approximate surface area is 97.1 Å². The van der Waals surface area contributed by atoms with Gasteiger partial charge in [-0.2, -0.15) is 0 Å². The van der Waals surface area contributed by atoms with Crippen LogP contribution in [0, 0.1) is 0 Å². The van der Waals surface area contributed by atoms with E-state index in [1.807, 2.05) is 13.1 Å². The van der Waals surface area contributed by atoms with E-state index in [0.717, 1.165) is 31.7 Å². The van der Waals surface area contributed by atoms with Crippen LogP contribution in [0.4, 0.5) is 5.82 Å². The first-order valence-electron chi connectivity index (χ1n) is 6.13. The molecule has 88 valence electrons. The summed E-state index contributed by atoms with van der Waals surface area (Å²) in [4.78, 5) is 6.81. The normalized spacial score (nSPS) is 17.8. The Morgan fingerprint density at radius 1 is 1.38 bits per heavy atom. The maximum Gasteiger partial charge on any atom is 0.128 e. The molecule has 1 atom stereocenters. The highest BCUT2D eigenvalue weighted by Gasteiger charge is 2.12. The van der Waals surface area contributed by atoms with Gasteiger partial charge in [0.2, 0.25) is 0 Å². The van der Waals surface area contributed by atoms with E-state index >= 15 is 0 Å². The van der Waals surface area contributed by atoms with Gasteiger partial charge in [-0.25, -0.2) is 4.98 Å². The molecule has 1 aliphatic rings. The summed E-state index contributed by atoms with van der Waals surface area (Å²) < 4.78 is 0. The largest absolute Gasteiger partial charge is 0.393 e. The van der Waals surface area contributed by atoms with E-state index in [1.165, 1.54) is 18.4 Å². The van der Waals surface area contributed by atoms with Gasteiger partial charge in [0, 0.05) is 19.3 Å². The lowest BCUT2D eigenvalue weighted by Gasteiger charge is -2.16. The van der Waals surface area contributed by atoms with Crippen LogP contribution in [0.25, 0.3) is 0 Å². The van der Waals surface area contributed by atoms with Gasteiger partial charge in [0.1, 0.15) is 5.82 Å². The fourth-order valence-electron chi connectivity index (χ4n) is 2.07. The Kier molecular flexibility index (Phi) is 3.78. The van der Waals surface area contributed by atoms with Gasteiger partial charge in [-0.15, -0.1) is 0 Å². The third-order valence-electron chi connectivity index (χ3n) is 3.09. The lowest BCUT2D eigenvalue weighted by molar-refractivity contribution is 0.185. The molecule has 1 aromatic heterocycles. The summed E-state index contributed by atoms with van der Waals surface area (Å²) in [6.07, 6.45) is 6.00. The first kappa shape index (κ1) is 11.4. The minimum Gasteiger partial charge on any atom is -0.393 e. The zero-order valence-electron chi connectivity index (χ0n) is 9.89. The van der Waals surface area contributed by atoms with E-state index in [4.69, 9.17) is 0 Å². The van der Waals surface area contributed by atoms with Crippen LogP contribution in [0.15, 0.2) is 18.3 Å². The Balaban J connectivity index is 1.93. The van der Waals surface area contributed by atoms with Crippen LogP contribution in [0.2, 0.25) is 0 Å². The molecule has 0 bridgehead atoms. The van der Waals surface area contributed by atoms with Crippen LogP contribution in [0.3, 0.4) is 0 Å². The number of hydrogen-bond acceptors (Lipinski definition) is 3. The van der Waals surface area contributed by atoms with Gasteiger partial charge in [0.05, 0.1) is 6.10 Å². The van der Waals surface area contributed by atoms with Gasteiger partial charge in [-0.05, 0) is 44.2 Å². The lowest BCUT2D eigenvalue weighted by atomic mass is 10.1. The number of aliphatic hydroxyl groups excluding tert-OH is 1. The molecule has 0 saturated carbocycles. The predicted octanol–water partition coefficient (Wildman–Crippen LogP) is 2.00. The van der Waals surface area contributed by atoms with Crippen molar-refractivity contribution in [3.05, 3.63) is 23.9 Å². The fourth-order valence-corrected chi connectivity index (χ4v) is 2.07. The highest BCUT2D eigenvalue weighted by molar-refractivity contribution is 5.40. The van der Waals surface area contributed by atoms with Crippen molar-refractivity contribution in [2.75, 3.05) is 18.0 Å². The van der Waals surface area contributed by atoms with E-state index in [0.29, 0.717) is 0 Å². The third kappa shape index (κ3) is 2.95. The Morgan fingerprint density at radius 3 is 2.69 bits per heavy atom. The predicted molar refractivity (Wildman–Crippen MR) is 65.7 cm³/mol. The van der Waals surface area contributed by atoms with Crippen LogP contribution >= 0.6 is 0 Å². The average molecular weight is 220 g/mol. The summed E-state index contributed by atoms with van der Waals surface area (Å²) in [5.41, 5.74) is 1.21. The minimum absolute atomic E-state index is 0.224. The molecule has 1 aromatic rings. The van der Waals surface area contributed by atoms with Gasteiger partial charge in [0.15, 0.2) is 0 Å². The number of anilines is 1. The lowest BCUT2D eigenvalue weighted by Crippen LogP contribution is -2.18. The Hall–Kier alpha value is -1.09. The topological polar surface area (TPSA) is 36.4 Å². The number of aryl methyl sites for hydroxylation is 1. The molecule has 0 aliphatic carbocycles. The van der Waals surface area contributed by atoms with Crippen LogP contribution in [0.1, 0.15) is 31.7 Å². The first-order valence-corrected chi connectivity index (χ1v) is 6.13. The molecule has 0 spiro atoms. The first-order chi connectivity index (χ1) is 7.75. The molecular formula is C13H20N2O. The number of pyridine rings is 1. The highest BCUT2D eigenvalue weighted by Crippen LogP contribution is 2.18. The van der Waals surface area contributed by atoms with Crippen molar-refractivity contribution in [3.8, 4) is 0 Å². The molecule has 3 heteroatoms. The summed E-state index contributed by atoms with van der Waals surface area (Å²) in [5.74, 6) is 1.10. The maximum atomic E-state index is 9.21. The Morgan fingerprint density at radius 2 is 2.12 bits per heavy atom. The molecule has 3 nitrogen and oxygen atoms in total. The van der Waals surface area contributed by atoms with Gasteiger partial charge in [0.25, 0.3) is 0 Å². The zero-order chi connectivity index (χ0) is 11.4. The van der Waals surface area contributed by atoms with E-state index in [-0.39, 0.29) is 6.10 Å². The molecule has 16 heavy (non-hydrogen) atoms. The molecule has 2 heterocycles. The van der Waals surface area contributed by atoms with Crippen molar-refractivity contribution < 1.29 is 5.11 Å². The molecule has 2 rings (SSSR count). The van der Waals surface area contributed by atoms with Crippen molar-refractivity contribution in [1.29, 1.82) is 0 Å². The molecule has 1 aliphatic heterocycles. The second kappa shape index (κ2) is 5.30.